The van der Waals surface area contributed by atoms with Crippen molar-refractivity contribution in [1.29, 1.82) is 5.26 Å². The van der Waals surface area contributed by atoms with E-state index in [1.807, 2.05) is 6.07 Å². The van der Waals surface area contributed by atoms with Crippen LogP contribution in [0.1, 0.15) is 16.7 Å². The number of halogens is 1. The topological polar surface area (TPSA) is 84.0 Å². The predicted octanol–water partition coefficient (Wildman–Crippen LogP) is 3.08. The Bertz CT molecular complexity index is 839. The zero-order valence-electron chi connectivity index (χ0n) is 11.3. The second-order valence-corrected chi connectivity index (χ2v) is 7.07. The minimum Gasteiger partial charge on any atom is -0.399 e. The monoisotopic (exact) mass is 320 g/mol. The van der Waals surface area contributed by atoms with Gasteiger partial charge < -0.3 is 5.73 Å². The fourth-order valence-electron chi connectivity index (χ4n) is 1.97. The zero-order valence-corrected chi connectivity index (χ0v) is 12.9. The average molecular weight is 321 g/mol. The molecule has 108 valence electrons. The molecule has 0 atom stereocenters. The molecule has 21 heavy (non-hydrogen) atoms. The molecule has 2 N–H and O–H groups in total. The van der Waals surface area contributed by atoms with Gasteiger partial charge in [0.1, 0.15) is 0 Å². The summed E-state index contributed by atoms with van der Waals surface area (Å²) in [6.45, 7) is 1.77. The van der Waals surface area contributed by atoms with Gasteiger partial charge in [-0.05, 0) is 48.4 Å². The summed E-state index contributed by atoms with van der Waals surface area (Å²) in [5, 5.41) is 8.98. The quantitative estimate of drug-likeness (QED) is 0.881. The van der Waals surface area contributed by atoms with Gasteiger partial charge >= 0.3 is 0 Å². The molecule has 0 amide bonds. The van der Waals surface area contributed by atoms with E-state index < -0.39 is 9.84 Å². The fourth-order valence-corrected chi connectivity index (χ4v) is 4.01. The summed E-state index contributed by atoms with van der Waals surface area (Å²) < 4.78 is 25.0. The Morgan fingerprint density at radius 3 is 2.57 bits per heavy atom. The molecule has 0 unspecified atom stereocenters. The number of nitrogens with two attached hydrogens (primary N) is 1. The second-order valence-electron chi connectivity index (χ2n) is 4.70. The Kier molecular flexibility index (Phi) is 4.21. The predicted molar refractivity (Wildman–Crippen MR) is 82.6 cm³/mol. The Morgan fingerprint density at radius 1 is 1.24 bits per heavy atom. The van der Waals surface area contributed by atoms with Gasteiger partial charge in [0, 0.05) is 5.69 Å². The van der Waals surface area contributed by atoms with Crippen LogP contribution in [0.5, 0.6) is 0 Å². The van der Waals surface area contributed by atoms with Gasteiger partial charge in [-0.25, -0.2) is 8.42 Å². The minimum atomic E-state index is -3.60. The molecule has 0 bridgehead atoms. The van der Waals surface area contributed by atoms with Crippen molar-refractivity contribution in [3.05, 3.63) is 58.1 Å². The van der Waals surface area contributed by atoms with Crippen molar-refractivity contribution in [2.45, 2.75) is 17.6 Å². The third-order valence-corrected chi connectivity index (χ3v) is 5.25. The average Bonchev–Trinajstić information content (AvgIpc) is 2.43. The van der Waals surface area contributed by atoms with Gasteiger partial charge in [-0.15, -0.1) is 0 Å². The highest BCUT2D eigenvalue weighted by Crippen LogP contribution is 2.27. The first-order chi connectivity index (χ1) is 9.83. The van der Waals surface area contributed by atoms with Crippen molar-refractivity contribution in [2.24, 2.45) is 0 Å². The number of aryl methyl sites for hydroxylation is 1. The van der Waals surface area contributed by atoms with E-state index >= 15 is 0 Å². The van der Waals surface area contributed by atoms with Gasteiger partial charge in [-0.3, -0.25) is 0 Å². The molecule has 0 aliphatic heterocycles. The molecule has 2 rings (SSSR count). The molecule has 0 spiro atoms. The summed E-state index contributed by atoms with van der Waals surface area (Å²) in [6, 6.07) is 11.3. The lowest BCUT2D eigenvalue weighted by Gasteiger charge is -2.10. The van der Waals surface area contributed by atoms with Crippen molar-refractivity contribution in [2.75, 3.05) is 5.73 Å². The number of sulfone groups is 1. The summed E-state index contributed by atoms with van der Waals surface area (Å²) in [6.07, 6.45) is 0. The molecule has 4 nitrogen and oxygen atoms in total. The molecule has 0 aliphatic carbocycles. The van der Waals surface area contributed by atoms with Crippen molar-refractivity contribution < 1.29 is 8.42 Å². The lowest BCUT2D eigenvalue weighted by atomic mass is 10.1. The molecule has 0 aliphatic rings. The molecule has 0 fully saturated rings. The number of benzene rings is 2. The van der Waals surface area contributed by atoms with Crippen LogP contribution in [0.3, 0.4) is 0 Å². The van der Waals surface area contributed by atoms with E-state index in [0.29, 0.717) is 16.8 Å². The van der Waals surface area contributed by atoms with E-state index in [1.54, 1.807) is 31.2 Å². The number of nitriles is 1. The van der Waals surface area contributed by atoms with E-state index in [4.69, 9.17) is 22.6 Å². The standard InChI is InChI=1S/C15H13ClN2O2S/c1-10-6-11(8-17)2-3-12(10)9-21(19,20)15-7-13(18)4-5-14(15)16/h2-7H,9,18H2,1H3. The smallest absolute Gasteiger partial charge is 0.184 e. The largest absolute Gasteiger partial charge is 0.399 e. The van der Waals surface area contributed by atoms with Crippen LogP contribution in [0, 0.1) is 18.3 Å². The van der Waals surface area contributed by atoms with Crippen molar-refractivity contribution in [3.8, 4) is 6.07 Å². The third kappa shape index (κ3) is 3.35. The number of rotatable bonds is 3. The van der Waals surface area contributed by atoms with Gasteiger partial charge in [-0.2, -0.15) is 5.26 Å². The van der Waals surface area contributed by atoms with Gasteiger partial charge in [-0.1, -0.05) is 17.7 Å². The Labute approximate surface area is 128 Å². The van der Waals surface area contributed by atoms with Gasteiger partial charge in [0.05, 0.1) is 27.3 Å². The fraction of sp³-hybridized carbons (Fsp3) is 0.133. The maximum atomic E-state index is 12.5. The molecule has 6 heteroatoms. The Balaban J connectivity index is 2.43. The first-order valence-electron chi connectivity index (χ1n) is 6.11. The maximum absolute atomic E-state index is 12.5. The molecule has 2 aromatic carbocycles. The summed E-state index contributed by atoms with van der Waals surface area (Å²) >= 11 is 5.96. The number of anilines is 1. The van der Waals surface area contributed by atoms with E-state index in [2.05, 4.69) is 0 Å². The first-order valence-corrected chi connectivity index (χ1v) is 8.14. The SMILES string of the molecule is Cc1cc(C#N)ccc1CS(=O)(=O)c1cc(N)ccc1Cl. The second kappa shape index (κ2) is 5.76. The summed E-state index contributed by atoms with van der Waals surface area (Å²) in [5.74, 6) is -0.187. The lowest BCUT2D eigenvalue weighted by Crippen LogP contribution is -2.07. The van der Waals surface area contributed by atoms with Crippen LogP contribution in [0.15, 0.2) is 41.3 Å². The van der Waals surface area contributed by atoms with Crippen LogP contribution in [-0.4, -0.2) is 8.42 Å². The number of hydrogen-bond acceptors (Lipinski definition) is 4. The lowest BCUT2D eigenvalue weighted by molar-refractivity contribution is 0.595. The third-order valence-electron chi connectivity index (χ3n) is 3.11. The van der Waals surface area contributed by atoms with Crippen LogP contribution in [0.2, 0.25) is 5.02 Å². The Morgan fingerprint density at radius 2 is 1.95 bits per heavy atom. The summed E-state index contributed by atoms with van der Waals surface area (Å²) in [5.41, 5.74) is 7.84. The van der Waals surface area contributed by atoms with Gasteiger partial charge in [0.25, 0.3) is 0 Å². The van der Waals surface area contributed by atoms with Gasteiger partial charge in [0.15, 0.2) is 9.84 Å². The maximum Gasteiger partial charge on any atom is 0.184 e. The summed E-state index contributed by atoms with van der Waals surface area (Å²) in [4.78, 5) is 0.0212. The highest BCUT2D eigenvalue weighted by molar-refractivity contribution is 7.90. The van der Waals surface area contributed by atoms with E-state index in [0.717, 1.165) is 5.56 Å². The summed E-state index contributed by atoms with van der Waals surface area (Å²) in [7, 11) is -3.60. The number of nitrogen functional groups attached to an aromatic ring is 1. The van der Waals surface area contributed by atoms with Crippen molar-refractivity contribution >= 4 is 27.1 Å². The minimum absolute atomic E-state index is 0.0212. The van der Waals surface area contributed by atoms with Crippen LogP contribution in [0.25, 0.3) is 0 Å². The van der Waals surface area contributed by atoms with E-state index in [1.165, 1.54) is 12.1 Å². The molecular weight excluding hydrogens is 308 g/mol. The van der Waals surface area contributed by atoms with Crippen LogP contribution >= 0.6 is 11.6 Å². The van der Waals surface area contributed by atoms with Crippen molar-refractivity contribution in [1.82, 2.24) is 0 Å². The molecule has 0 heterocycles. The molecule has 0 saturated heterocycles. The highest BCUT2D eigenvalue weighted by atomic mass is 35.5. The number of hydrogen-bond donors (Lipinski definition) is 1. The van der Waals surface area contributed by atoms with Gasteiger partial charge in [0.2, 0.25) is 0 Å². The highest BCUT2D eigenvalue weighted by Gasteiger charge is 2.20. The molecule has 0 saturated carbocycles. The van der Waals surface area contributed by atoms with E-state index in [-0.39, 0.29) is 15.7 Å². The van der Waals surface area contributed by atoms with Crippen molar-refractivity contribution in [3.63, 3.8) is 0 Å². The molecule has 0 radical (unpaired) electrons. The number of nitrogens with zero attached hydrogens (tertiary/aromatic N) is 1. The molecule has 0 aromatic heterocycles. The van der Waals surface area contributed by atoms with Crippen LogP contribution < -0.4 is 5.73 Å². The van der Waals surface area contributed by atoms with Crippen LogP contribution in [0.4, 0.5) is 5.69 Å². The zero-order chi connectivity index (χ0) is 15.6. The normalized spacial score (nSPS) is 11.1. The molecule has 2 aromatic rings. The van der Waals surface area contributed by atoms with Crippen LogP contribution in [-0.2, 0) is 15.6 Å². The van der Waals surface area contributed by atoms with E-state index in [9.17, 15) is 8.42 Å². The Hall–Kier alpha value is -2.03. The molecular formula is C15H13ClN2O2S. The first kappa shape index (κ1) is 15.4.